The van der Waals surface area contributed by atoms with E-state index in [1.165, 1.54) is 6.20 Å². The van der Waals surface area contributed by atoms with E-state index in [4.69, 9.17) is 0 Å². The Kier molecular flexibility index (Phi) is 3.44. The van der Waals surface area contributed by atoms with Gasteiger partial charge in [0.25, 0.3) is 0 Å². The standard InChI is InChI=1S/C8H14N4O2/c1-3-6(2)4-9-7-5-10-11-8(7)12(13)14/h5-6,9H,3-4H2,1-2H3,(H,10,11). The molecule has 0 spiro atoms. The highest BCUT2D eigenvalue weighted by Gasteiger charge is 2.14. The fourth-order valence-electron chi connectivity index (χ4n) is 0.976. The molecule has 0 saturated carbocycles. The molecule has 0 aliphatic rings. The van der Waals surface area contributed by atoms with E-state index < -0.39 is 4.92 Å². The third-order valence-electron chi connectivity index (χ3n) is 2.14. The zero-order chi connectivity index (χ0) is 10.6. The lowest BCUT2D eigenvalue weighted by Gasteiger charge is -2.08. The summed E-state index contributed by atoms with van der Waals surface area (Å²) in [6.07, 6.45) is 2.47. The van der Waals surface area contributed by atoms with Crippen LogP contribution < -0.4 is 5.32 Å². The van der Waals surface area contributed by atoms with Crippen LogP contribution >= 0.6 is 0 Å². The zero-order valence-corrected chi connectivity index (χ0v) is 8.28. The van der Waals surface area contributed by atoms with Crippen molar-refractivity contribution in [2.24, 2.45) is 5.92 Å². The number of rotatable bonds is 5. The lowest BCUT2D eigenvalue weighted by Crippen LogP contribution is -2.10. The minimum atomic E-state index is -0.480. The number of hydrogen-bond donors (Lipinski definition) is 2. The van der Waals surface area contributed by atoms with Gasteiger partial charge in [-0.25, -0.2) is 0 Å². The molecule has 14 heavy (non-hydrogen) atoms. The van der Waals surface area contributed by atoms with E-state index in [0.717, 1.165) is 13.0 Å². The number of aromatic nitrogens is 2. The van der Waals surface area contributed by atoms with Gasteiger partial charge >= 0.3 is 5.82 Å². The second kappa shape index (κ2) is 4.59. The second-order valence-electron chi connectivity index (χ2n) is 3.28. The molecule has 1 unspecified atom stereocenters. The summed E-state index contributed by atoms with van der Waals surface area (Å²) >= 11 is 0. The molecule has 78 valence electrons. The molecule has 6 heteroatoms. The average Bonchev–Trinajstić information content (AvgIpc) is 2.62. The van der Waals surface area contributed by atoms with E-state index in [9.17, 15) is 10.1 Å². The highest BCUT2D eigenvalue weighted by atomic mass is 16.6. The van der Waals surface area contributed by atoms with Crippen molar-refractivity contribution in [2.45, 2.75) is 20.3 Å². The smallest absolute Gasteiger partial charge is 0.366 e. The Morgan fingerprint density at radius 2 is 2.50 bits per heavy atom. The van der Waals surface area contributed by atoms with Crippen molar-refractivity contribution in [3.05, 3.63) is 16.3 Å². The molecule has 0 bridgehead atoms. The number of anilines is 1. The fraction of sp³-hybridized carbons (Fsp3) is 0.625. The number of hydrogen-bond acceptors (Lipinski definition) is 4. The van der Waals surface area contributed by atoms with Gasteiger partial charge in [-0.05, 0) is 10.8 Å². The molecule has 2 N–H and O–H groups in total. The molecule has 1 rings (SSSR count). The van der Waals surface area contributed by atoms with E-state index in [0.29, 0.717) is 11.6 Å². The van der Waals surface area contributed by atoms with Crippen molar-refractivity contribution < 1.29 is 4.92 Å². The number of nitrogens with one attached hydrogen (secondary N) is 2. The minimum absolute atomic E-state index is 0.0756. The maximum Gasteiger partial charge on any atom is 0.366 e. The summed E-state index contributed by atoms with van der Waals surface area (Å²) in [5, 5.41) is 19.4. The van der Waals surface area contributed by atoms with Gasteiger partial charge in [-0.3, -0.25) is 0 Å². The predicted octanol–water partition coefficient (Wildman–Crippen LogP) is 1.78. The first-order valence-corrected chi connectivity index (χ1v) is 4.56. The maximum atomic E-state index is 10.5. The highest BCUT2D eigenvalue weighted by molar-refractivity contribution is 5.55. The molecular formula is C8H14N4O2. The Balaban J connectivity index is 2.58. The summed E-state index contributed by atoms with van der Waals surface area (Å²) in [4.78, 5) is 10.0. The first-order chi connectivity index (χ1) is 6.65. The van der Waals surface area contributed by atoms with Gasteiger partial charge in [-0.1, -0.05) is 25.4 Å². The summed E-state index contributed by atoms with van der Waals surface area (Å²) in [7, 11) is 0. The maximum absolute atomic E-state index is 10.5. The van der Waals surface area contributed by atoms with Gasteiger partial charge in [0.1, 0.15) is 6.20 Å². The third kappa shape index (κ3) is 2.45. The van der Waals surface area contributed by atoms with Gasteiger partial charge in [-0.15, -0.1) is 5.10 Å². The number of H-pyrrole nitrogens is 1. The average molecular weight is 198 g/mol. The second-order valence-corrected chi connectivity index (χ2v) is 3.28. The first kappa shape index (κ1) is 10.5. The van der Waals surface area contributed by atoms with Crippen LogP contribution in [0.4, 0.5) is 11.5 Å². The van der Waals surface area contributed by atoms with Gasteiger partial charge in [0.2, 0.25) is 0 Å². The van der Waals surface area contributed by atoms with Crippen LogP contribution in [-0.2, 0) is 0 Å². The van der Waals surface area contributed by atoms with Crippen LogP contribution in [0.3, 0.4) is 0 Å². The molecule has 0 aliphatic carbocycles. The van der Waals surface area contributed by atoms with Crippen molar-refractivity contribution in [3.63, 3.8) is 0 Å². The van der Waals surface area contributed by atoms with Crippen LogP contribution in [0.1, 0.15) is 20.3 Å². The summed E-state index contributed by atoms with van der Waals surface area (Å²) < 4.78 is 0. The molecular weight excluding hydrogens is 184 g/mol. The van der Waals surface area contributed by atoms with E-state index >= 15 is 0 Å². The van der Waals surface area contributed by atoms with Crippen molar-refractivity contribution >= 4 is 11.5 Å². The summed E-state index contributed by atoms with van der Waals surface area (Å²) in [6.45, 7) is 4.88. The van der Waals surface area contributed by atoms with Crippen LogP contribution in [0.5, 0.6) is 0 Å². The largest absolute Gasteiger partial charge is 0.377 e. The highest BCUT2D eigenvalue weighted by Crippen LogP contribution is 2.20. The Morgan fingerprint density at radius 3 is 3.07 bits per heavy atom. The topological polar surface area (TPSA) is 83.8 Å². The van der Waals surface area contributed by atoms with Crippen molar-refractivity contribution in [2.75, 3.05) is 11.9 Å². The quantitative estimate of drug-likeness (QED) is 0.558. The Bertz CT molecular complexity index is 310. The summed E-state index contributed by atoms with van der Waals surface area (Å²) in [6, 6.07) is 0. The normalized spacial score (nSPS) is 12.4. The van der Waals surface area contributed by atoms with E-state index in [-0.39, 0.29) is 5.82 Å². The Morgan fingerprint density at radius 1 is 1.79 bits per heavy atom. The van der Waals surface area contributed by atoms with E-state index in [1.807, 2.05) is 0 Å². The Hall–Kier alpha value is -1.59. The van der Waals surface area contributed by atoms with Crippen molar-refractivity contribution in [3.8, 4) is 0 Å². The third-order valence-corrected chi connectivity index (χ3v) is 2.14. The predicted molar refractivity (Wildman–Crippen MR) is 53.2 cm³/mol. The number of nitrogens with zero attached hydrogens (tertiary/aromatic N) is 2. The van der Waals surface area contributed by atoms with E-state index in [1.54, 1.807) is 0 Å². The minimum Gasteiger partial charge on any atom is -0.377 e. The number of aromatic amines is 1. The summed E-state index contributed by atoms with van der Waals surface area (Å²) in [5.74, 6) is 0.415. The number of nitro groups is 1. The van der Waals surface area contributed by atoms with Gasteiger partial charge in [0.15, 0.2) is 5.69 Å². The van der Waals surface area contributed by atoms with E-state index in [2.05, 4.69) is 29.4 Å². The van der Waals surface area contributed by atoms with Gasteiger partial charge in [0.05, 0.1) is 0 Å². The van der Waals surface area contributed by atoms with Crippen LogP contribution in [-0.4, -0.2) is 21.7 Å². The molecule has 1 heterocycles. The van der Waals surface area contributed by atoms with Gasteiger partial charge in [0, 0.05) is 6.54 Å². The zero-order valence-electron chi connectivity index (χ0n) is 8.28. The molecule has 0 fully saturated rings. The fourth-order valence-corrected chi connectivity index (χ4v) is 0.976. The SMILES string of the molecule is CCC(C)CNc1cn[nH]c1[N+](=O)[O-]. The van der Waals surface area contributed by atoms with Crippen LogP contribution in [0.15, 0.2) is 6.20 Å². The van der Waals surface area contributed by atoms with Crippen LogP contribution in [0, 0.1) is 16.0 Å². The molecule has 0 aliphatic heterocycles. The van der Waals surface area contributed by atoms with Gasteiger partial charge in [-0.2, -0.15) is 0 Å². The molecule has 0 saturated heterocycles. The molecule has 0 radical (unpaired) electrons. The molecule has 1 aromatic heterocycles. The Labute approximate surface area is 81.9 Å². The molecule has 0 amide bonds. The van der Waals surface area contributed by atoms with Crippen LogP contribution in [0.25, 0.3) is 0 Å². The van der Waals surface area contributed by atoms with Crippen LogP contribution in [0.2, 0.25) is 0 Å². The first-order valence-electron chi connectivity index (χ1n) is 4.56. The lowest BCUT2D eigenvalue weighted by atomic mass is 10.1. The molecule has 1 atom stereocenters. The van der Waals surface area contributed by atoms with Crippen molar-refractivity contribution in [1.29, 1.82) is 0 Å². The van der Waals surface area contributed by atoms with Crippen molar-refractivity contribution in [1.82, 2.24) is 10.2 Å². The molecule has 0 aromatic carbocycles. The molecule has 1 aromatic rings. The summed E-state index contributed by atoms with van der Waals surface area (Å²) in [5.41, 5.74) is 0.454. The monoisotopic (exact) mass is 198 g/mol. The lowest BCUT2D eigenvalue weighted by molar-refractivity contribution is -0.388. The van der Waals surface area contributed by atoms with Gasteiger partial charge < -0.3 is 15.4 Å². The molecule has 6 nitrogen and oxygen atoms in total.